The highest BCUT2D eigenvalue weighted by Gasteiger charge is 2.17. The van der Waals surface area contributed by atoms with Gasteiger partial charge >= 0.3 is 0 Å². The van der Waals surface area contributed by atoms with Crippen LogP contribution in [0.3, 0.4) is 0 Å². The van der Waals surface area contributed by atoms with E-state index in [0.717, 1.165) is 55.3 Å². The summed E-state index contributed by atoms with van der Waals surface area (Å²) in [5, 5.41) is 6.98. The molecule has 0 saturated carbocycles. The van der Waals surface area contributed by atoms with Crippen LogP contribution in [0.25, 0.3) is 66.0 Å². The smallest absolute Gasteiger partial charge is 0.227 e. The van der Waals surface area contributed by atoms with Crippen LogP contribution in [0.15, 0.2) is 174 Å². The number of hydrogen-bond acceptors (Lipinski definition) is 3. The molecule has 9 rings (SSSR count). The molecule has 3 heteroatoms. The lowest BCUT2D eigenvalue weighted by atomic mass is 9.99. The van der Waals surface area contributed by atoms with Gasteiger partial charge < -0.3 is 9.32 Å². The molecule has 0 amide bonds. The van der Waals surface area contributed by atoms with Gasteiger partial charge in [-0.3, -0.25) is 0 Å². The number of oxazole rings is 1. The predicted octanol–water partition coefficient (Wildman–Crippen LogP) is 12.1. The Morgan fingerprint density at radius 1 is 0.413 bits per heavy atom. The predicted molar refractivity (Wildman–Crippen MR) is 192 cm³/mol. The van der Waals surface area contributed by atoms with Crippen LogP contribution in [0.5, 0.6) is 0 Å². The van der Waals surface area contributed by atoms with Gasteiger partial charge in [-0.25, -0.2) is 4.98 Å². The van der Waals surface area contributed by atoms with Crippen LogP contribution < -0.4 is 4.90 Å². The van der Waals surface area contributed by atoms with Crippen molar-refractivity contribution in [2.45, 2.75) is 0 Å². The van der Waals surface area contributed by atoms with E-state index in [9.17, 15) is 0 Å². The molecule has 0 radical (unpaired) electrons. The van der Waals surface area contributed by atoms with Crippen molar-refractivity contribution in [3.8, 4) is 22.6 Å². The van der Waals surface area contributed by atoms with Gasteiger partial charge in [-0.1, -0.05) is 109 Å². The molecule has 0 aliphatic carbocycles. The van der Waals surface area contributed by atoms with Gasteiger partial charge in [0, 0.05) is 28.0 Å². The average Bonchev–Trinajstić information content (AvgIpc) is 3.57. The Bertz CT molecular complexity index is 2520. The molecule has 0 spiro atoms. The first-order valence-electron chi connectivity index (χ1n) is 15.5. The Morgan fingerprint density at radius 3 is 1.85 bits per heavy atom. The largest absolute Gasteiger partial charge is 0.435 e. The molecule has 9 aromatic rings. The topological polar surface area (TPSA) is 29.3 Å². The second kappa shape index (κ2) is 10.8. The number of nitrogens with zero attached hydrogens (tertiary/aromatic N) is 2. The van der Waals surface area contributed by atoms with Gasteiger partial charge in [0.2, 0.25) is 5.89 Å². The minimum Gasteiger partial charge on any atom is -0.435 e. The normalized spacial score (nSPS) is 11.5. The van der Waals surface area contributed by atoms with Crippen molar-refractivity contribution < 1.29 is 4.42 Å². The monoisotopic (exact) mass is 588 g/mol. The number of anilines is 3. The zero-order valence-electron chi connectivity index (χ0n) is 25.0. The van der Waals surface area contributed by atoms with Gasteiger partial charge in [-0.15, -0.1) is 0 Å². The van der Waals surface area contributed by atoms with E-state index in [1.807, 2.05) is 30.3 Å². The summed E-state index contributed by atoms with van der Waals surface area (Å²) in [6.45, 7) is 0. The molecule has 0 saturated heterocycles. The van der Waals surface area contributed by atoms with Gasteiger partial charge in [0.1, 0.15) is 5.52 Å². The molecule has 8 aromatic carbocycles. The first-order chi connectivity index (χ1) is 22.8. The Labute approximate surface area is 266 Å². The number of hydrogen-bond donors (Lipinski definition) is 0. The fourth-order valence-electron chi connectivity index (χ4n) is 6.55. The van der Waals surface area contributed by atoms with Gasteiger partial charge in [0.15, 0.2) is 5.58 Å². The van der Waals surface area contributed by atoms with Crippen LogP contribution in [-0.4, -0.2) is 4.98 Å². The third kappa shape index (κ3) is 4.49. The molecule has 0 unspecified atom stereocenters. The highest BCUT2D eigenvalue weighted by atomic mass is 16.3. The van der Waals surface area contributed by atoms with E-state index in [4.69, 9.17) is 9.40 Å². The third-order valence-corrected chi connectivity index (χ3v) is 8.84. The molecule has 1 heterocycles. The second-order valence-corrected chi connectivity index (χ2v) is 11.6. The van der Waals surface area contributed by atoms with Crippen molar-refractivity contribution in [3.63, 3.8) is 0 Å². The molecule has 0 aliphatic rings. The van der Waals surface area contributed by atoms with Crippen molar-refractivity contribution >= 4 is 60.5 Å². The molecule has 0 bridgehead atoms. The summed E-state index contributed by atoms with van der Waals surface area (Å²) in [4.78, 5) is 7.18. The Kier molecular flexibility index (Phi) is 6.14. The SMILES string of the molecule is c1ccc(-c2nc3ccc4ccc5ccc(N(c6ccccc6)c6ccc(-c7ccc8ccccc8c7)cc6)cc5c4c3o2)cc1. The van der Waals surface area contributed by atoms with Crippen LogP contribution in [0.1, 0.15) is 0 Å². The van der Waals surface area contributed by atoms with Crippen molar-refractivity contribution in [1.82, 2.24) is 4.98 Å². The van der Waals surface area contributed by atoms with Crippen molar-refractivity contribution in [2.75, 3.05) is 4.90 Å². The fraction of sp³-hybridized carbons (Fsp3) is 0. The first-order valence-corrected chi connectivity index (χ1v) is 15.5. The number of para-hydroxylation sites is 1. The van der Waals surface area contributed by atoms with E-state index in [0.29, 0.717) is 5.89 Å². The van der Waals surface area contributed by atoms with E-state index in [1.54, 1.807) is 0 Å². The maximum atomic E-state index is 6.50. The number of rotatable bonds is 5. The highest BCUT2D eigenvalue weighted by molar-refractivity contribution is 6.18. The summed E-state index contributed by atoms with van der Waals surface area (Å²) >= 11 is 0. The summed E-state index contributed by atoms with van der Waals surface area (Å²) in [6.07, 6.45) is 0. The van der Waals surface area contributed by atoms with E-state index >= 15 is 0 Å². The lowest BCUT2D eigenvalue weighted by molar-refractivity contribution is 0.623. The quantitative estimate of drug-likeness (QED) is 0.187. The molecule has 1 aromatic heterocycles. The fourth-order valence-corrected chi connectivity index (χ4v) is 6.55. The average molecular weight is 589 g/mol. The maximum absolute atomic E-state index is 6.50. The molecule has 0 fully saturated rings. The summed E-state index contributed by atoms with van der Waals surface area (Å²) in [6, 6.07) is 59.9. The summed E-state index contributed by atoms with van der Waals surface area (Å²) in [5.74, 6) is 0.633. The molecular weight excluding hydrogens is 560 g/mol. The molecular formula is C43H28N2O. The van der Waals surface area contributed by atoms with Gasteiger partial charge in [-0.05, 0) is 98.7 Å². The standard InChI is InChI=1S/C43H28N2O/c1-3-10-33(11-4-1)43-44-40-26-22-32-17-16-31-21-25-38(28-39(31)41(32)42(40)46-43)45(36-13-5-2-6-14-36)37-23-19-30(20-24-37)35-18-15-29-9-7-8-12-34(29)27-35/h1-28H. The summed E-state index contributed by atoms with van der Waals surface area (Å²) < 4.78 is 6.50. The second-order valence-electron chi connectivity index (χ2n) is 11.6. The number of benzene rings is 8. The Hall–Kier alpha value is -6.19. The van der Waals surface area contributed by atoms with Gasteiger partial charge in [-0.2, -0.15) is 0 Å². The van der Waals surface area contributed by atoms with Gasteiger partial charge in [0.25, 0.3) is 0 Å². The minimum absolute atomic E-state index is 0.633. The van der Waals surface area contributed by atoms with Crippen LogP contribution in [0.4, 0.5) is 17.1 Å². The van der Waals surface area contributed by atoms with Crippen LogP contribution in [0.2, 0.25) is 0 Å². The molecule has 0 N–H and O–H groups in total. The maximum Gasteiger partial charge on any atom is 0.227 e. The summed E-state index contributed by atoms with van der Waals surface area (Å²) in [7, 11) is 0. The zero-order chi connectivity index (χ0) is 30.5. The highest BCUT2D eigenvalue weighted by Crippen LogP contribution is 2.40. The van der Waals surface area contributed by atoms with Crippen LogP contribution >= 0.6 is 0 Å². The molecule has 216 valence electrons. The van der Waals surface area contributed by atoms with Crippen LogP contribution in [0, 0.1) is 0 Å². The van der Waals surface area contributed by atoms with E-state index in [1.165, 1.54) is 21.9 Å². The first kappa shape index (κ1) is 26.2. The lowest BCUT2D eigenvalue weighted by Crippen LogP contribution is -2.09. The molecule has 0 aliphatic heterocycles. The molecule has 46 heavy (non-hydrogen) atoms. The summed E-state index contributed by atoms with van der Waals surface area (Å²) in [5.41, 5.74) is 8.29. The Balaban J connectivity index is 1.19. The van der Waals surface area contributed by atoms with Crippen molar-refractivity contribution in [3.05, 3.63) is 170 Å². The van der Waals surface area contributed by atoms with E-state index in [-0.39, 0.29) is 0 Å². The molecule has 3 nitrogen and oxygen atoms in total. The van der Waals surface area contributed by atoms with E-state index < -0.39 is 0 Å². The zero-order valence-corrected chi connectivity index (χ0v) is 25.0. The van der Waals surface area contributed by atoms with Crippen molar-refractivity contribution in [2.24, 2.45) is 0 Å². The number of fused-ring (bicyclic) bond motifs is 6. The number of aromatic nitrogens is 1. The minimum atomic E-state index is 0.633. The Morgan fingerprint density at radius 2 is 1.02 bits per heavy atom. The molecule has 0 atom stereocenters. The van der Waals surface area contributed by atoms with E-state index in [2.05, 4.69) is 144 Å². The third-order valence-electron chi connectivity index (χ3n) is 8.84. The van der Waals surface area contributed by atoms with Gasteiger partial charge in [0.05, 0.1) is 0 Å². The van der Waals surface area contributed by atoms with Crippen molar-refractivity contribution in [1.29, 1.82) is 0 Å². The van der Waals surface area contributed by atoms with Crippen LogP contribution in [-0.2, 0) is 0 Å². The lowest BCUT2D eigenvalue weighted by Gasteiger charge is -2.26.